The lowest BCUT2D eigenvalue weighted by Gasteiger charge is -2.24. The summed E-state index contributed by atoms with van der Waals surface area (Å²) in [4.78, 5) is 24.7. The van der Waals surface area contributed by atoms with Crippen molar-refractivity contribution in [2.24, 2.45) is 5.92 Å². The molecule has 0 aromatic heterocycles. The Kier molecular flexibility index (Phi) is 5.52. The Morgan fingerprint density at radius 3 is 2.22 bits per heavy atom. The summed E-state index contributed by atoms with van der Waals surface area (Å²) in [5.74, 6) is -1.95. The van der Waals surface area contributed by atoms with Crippen LogP contribution in [-0.2, 0) is 9.59 Å². The lowest BCUT2D eigenvalue weighted by molar-refractivity contribution is -0.148. The van der Waals surface area contributed by atoms with Crippen molar-refractivity contribution in [2.75, 3.05) is 11.4 Å². The highest BCUT2D eigenvalue weighted by molar-refractivity contribution is 6.37. The molecule has 1 amide bonds. The van der Waals surface area contributed by atoms with Gasteiger partial charge >= 0.3 is 11.9 Å². The van der Waals surface area contributed by atoms with E-state index in [9.17, 15) is 9.59 Å². The second kappa shape index (κ2) is 7.58. The quantitative estimate of drug-likeness (QED) is 0.854. The van der Waals surface area contributed by atoms with E-state index in [0.29, 0.717) is 18.2 Å². The largest absolute Gasteiger partial charge is 0.474 e. The first-order valence-corrected chi connectivity index (χ1v) is 7.70. The summed E-state index contributed by atoms with van der Waals surface area (Å²) in [6, 6.07) is 17.1. The summed E-state index contributed by atoms with van der Waals surface area (Å²) in [6.07, 6.45) is 0.738. The number of rotatable bonds is 5. The van der Waals surface area contributed by atoms with E-state index in [1.807, 2.05) is 62.4 Å². The number of aliphatic carboxylic acids is 1. The van der Waals surface area contributed by atoms with Crippen LogP contribution in [0.4, 0.5) is 5.69 Å². The summed E-state index contributed by atoms with van der Waals surface area (Å²) in [7, 11) is 0. The average molecular weight is 311 g/mol. The third kappa shape index (κ3) is 4.19. The van der Waals surface area contributed by atoms with Gasteiger partial charge < -0.3 is 10.0 Å². The number of anilines is 1. The van der Waals surface area contributed by atoms with E-state index in [1.165, 1.54) is 4.90 Å². The van der Waals surface area contributed by atoms with E-state index in [1.54, 1.807) is 6.07 Å². The molecule has 0 aliphatic carbocycles. The smallest absolute Gasteiger partial charge is 0.394 e. The maximum atomic E-state index is 12.2. The number of carbonyl (C=O) groups excluding carboxylic acids is 1. The van der Waals surface area contributed by atoms with Gasteiger partial charge in [0.2, 0.25) is 0 Å². The Bertz CT molecular complexity index is 680. The molecule has 2 aromatic rings. The van der Waals surface area contributed by atoms with Crippen molar-refractivity contribution in [3.63, 3.8) is 0 Å². The maximum Gasteiger partial charge on any atom is 0.394 e. The first-order chi connectivity index (χ1) is 11.0. The summed E-state index contributed by atoms with van der Waals surface area (Å²) >= 11 is 0. The second-order valence-electron chi connectivity index (χ2n) is 5.83. The number of para-hydroxylation sites is 1. The number of hydrogen-bond acceptors (Lipinski definition) is 2. The summed E-state index contributed by atoms with van der Waals surface area (Å²) in [6.45, 7) is 4.48. The third-order valence-corrected chi connectivity index (χ3v) is 3.64. The van der Waals surface area contributed by atoms with E-state index < -0.39 is 11.9 Å². The van der Waals surface area contributed by atoms with Gasteiger partial charge in [0, 0.05) is 12.1 Å². The minimum atomic E-state index is -1.43. The van der Waals surface area contributed by atoms with Gasteiger partial charge in [-0.3, -0.25) is 4.79 Å². The molecule has 0 aliphatic rings. The molecule has 0 atom stereocenters. The SMILES string of the molecule is CC(C)CCN(C(=O)C(=O)O)c1ccccc1-c1ccccc1. The lowest BCUT2D eigenvalue weighted by atomic mass is 10.0. The summed E-state index contributed by atoms with van der Waals surface area (Å²) in [5, 5.41) is 9.15. The van der Waals surface area contributed by atoms with Crippen LogP contribution in [0.3, 0.4) is 0 Å². The molecule has 1 N–H and O–H groups in total. The number of hydrogen-bond donors (Lipinski definition) is 1. The Hall–Kier alpha value is -2.62. The minimum absolute atomic E-state index is 0.378. The summed E-state index contributed by atoms with van der Waals surface area (Å²) in [5.41, 5.74) is 2.44. The molecule has 2 rings (SSSR count). The van der Waals surface area contributed by atoms with E-state index in [2.05, 4.69) is 0 Å². The fourth-order valence-corrected chi connectivity index (χ4v) is 2.40. The number of carboxylic acids is 1. The van der Waals surface area contributed by atoms with E-state index in [-0.39, 0.29) is 0 Å². The molecule has 120 valence electrons. The molecule has 23 heavy (non-hydrogen) atoms. The molecular formula is C19H21NO3. The predicted octanol–water partition coefficient (Wildman–Crippen LogP) is 3.82. The van der Waals surface area contributed by atoms with Gasteiger partial charge in [-0.2, -0.15) is 0 Å². The standard InChI is InChI=1S/C19H21NO3/c1-14(2)12-13-20(18(21)19(22)23)17-11-7-6-10-16(17)15-8-4-3-5-9-15/h3-11,14H,12-13H2,1-2H3,(H,22,23). The number of benzene rings is 2. The molecule has 0 radical (unpaired) electrons. The normalized spacial score (nSPS) is 10.6. The molecule has 4 nitrogen and oxygen atoms in total. The average Bonchev–Trinajstić information content (AvgIpc) is 2.55. The molecular weight excluding hydrogens is 290 g/mol. The highest BCUT2D eigenvalue weighted by Gasteiger charge is 2.24. The van der Waals surface area contributed by atoms with Gasteiger partial charge in [-0.15, -0.1) is 0 Å². The fraction of sp³-hybridized carbons (Fsp3) is 0.263. The monoisotopic (exact) mass is 311 g/mol. The van der Waals surface area contributed by atoms with Crippen molar-refractivity contribution < 1.29 is 14.7 Å². The van der Waals surface area contributed by atoms with Crippen LogP contribution >= 0.6 is 0 Å². The van der Waals surface area contributed by atoms with E-state index in [0.717, 1.165) is 17.5 Å². The van der Waals surface area contributed by atoms with Crippen LogP contribution in [0.5, 0.6) is 0 Å². The van der Waals surface area contributed by atoms with Gasteiger partial charge in [0.05, 0.1) is 5.69 Å². The topological polar surface area (TPSA) is 57.6 Å². The maximum absolute atomic E-state index is 12.2. The van der Waals surface area contributed by atoms with Crippen molar-refractivity contribution in [1.82, 2.24) is 0 Å². The molecule has 0 saturated heterocycles. The lowest BCUT2D eigenvalue weighted by Crippen LogP contribution is -2.38. The van der Waals surface area contributed by atoms with E-state index in [4.69, 9.17) is 5.11 Å². The summed E-state index contributed by atoms with van der Waals surface area (Å²) < 4.78 is 0. The minimum Gasteiger partial charge on any atom is -0.474 e. The number of nitrogens with zero attached hydrogens (tertiary/aromatic N) is 1. The Morgan fingerprint density at radius 2 is 1.61 bits per heavy atom. The Morgan fingerprint density at radius 1 is 1.00 bits per heavy atom. The fourth-order valence-electron chi connectivity index (χ4n) is 2.40. The van der Waals surface area contributed by atoms with Crippen molar-refractivity contribution in [1.29, 1.82) is 0 Å². The third-order valence-electron chi connectivity index (χ3n) is 3.64. The molecule has 4 heteroatoms. The molecule has 0 heterocycles. The zero-order valence-electron chi connectivity index (χ0n) is 13.4. The van der Waals surface area contributed by atoms with Crippen molar-refractivity contribution in [2.45, 2.75) is 20.3 Å². The first kappa shape index (κ1) is 16.7. The predicted molar refractivity (Wildman–Crippen MR) is 91.3 cm³/mol. The van der Waals surface area contributed by atoms with Crippen LogP contribution in [0.15, 0.2) is 54.6 Å². The van der Waals surface area contributed by atoms with Crippen LogP contribution in [0.25, 0.3) is 11.1 Å². The second-order valence-corrected chi connectivity index (χ2v) is 5.83. The van der Waals surface area contributed by atoms with Crippen LogP contribution in [0.1, 0.15) is 20.3 Å². The number of carboxylic acid groups (broad SMARTS) is 1. The Balaban J connectivity index is 2.46. The molecule has 0 bridgehead atoms. The zero-order chi connectivity index (χ0) is 16.8. The highest BCUT2D eigenvalue weighted by atomic mass is 16.4. The molecule has 0 unspecified atom stereocenters. The first-order valence-electron chi connectivity index (χ1n) is 7.70. The van der Waals surface area contributed by atoms with E-state index >= 15 is 0 Å². The molecule has 0 aliphatic heterocycles. The van der Waals surface area contributed by atoms with Crippen molar-refractivity contribution >= 4 is 17.6 Å². The molecule has 0 spiro atoms. The van der Waals surface area contributed by atoms with Gasteiger partial charge in [0.1, 0.15) is 0 Å². The Labute approximate surface area is 136 Å². The van der Waals surface area contributed by atoms with Gasteiger partial charge in [0.25, 0.3) is 0 Å². The molecule has 0 fully saturated rings. The van der Waals surface area contributed by atoms with Gasteiger partial charge in [-0.1, -0.05) is 62.4 Å². The number of carbonyl (C=O) groups is 2. The highest BCUT2D eigenvalue weighted by Crippen LogP contribution is 2.31. The van der Waals surface area contributed by atoms with Gasteiger partial charge in [0.15, 0.2) is 0 Å². The molecule has 2 aromatic carbocycles. The van der Waals surface area contributed by atoms with Crippen LogP contribution in [0, 0.1) is 5.92 Å². The number of amides is 1. The van der Waals surface area contributed by atoms with Crippen LogP contribution < -0.4 is 4.90 Å². The van der Waals surface area contributed by atoms with Gasteiger partial charge in [-0.05, 0) is 24.0 Å². The van der Waals surface area contributed by atoms with Crippen molar-refractivity contribution in [3.8, 4) is 11.1 Å². The zero-order valence-corrected chi connectivity index (χ0v) is 13.4. The molecule has 0 saturated carbocycles. The van der Waals surface area contributed by atoms with Crippen LogP contribution in [-0.4, -0.2) is 23.5 Å². The van der Waals surface area contributed by atoms with Crippen molar-refractivity contribution in [3.05, 3.63) is 54.6 Å². The van der Waals surface area contributed by atoms with Gasteiger partial charge in [-0.25, -0.2) is 4.79 Å². The van der Waals surface area contributed by atoms with Crippen LogP contribution in [0.2, 0.25) is 0 Å².